The van der Waals surface area contributed by atoms with Crippen molar-refractivity contribution in [3.8, 4) is 0 Å². The number of pyridine rings is 1. The second kappa shape index (κ2) is 3.31. The van der Waals surface area contributed by atoms with Crippen LogP contribution in [0, 0.1) is 12.3 Å². The van der Waals surface area contributed by atoms with E-state index in [9.17, 15) is 0 Å². The van der Waals surface area contributed by atoms with Gasteiger partial charge >= 0.3 is 0 Å². The van der Waals surface area contributed by atoms with Gasteiger partial charge in [-0.25, -0.2) is 0 Å². The highest BCUT2D eigenvalue weighted by atomic mass is 14.8. The van der Waals surface area contributed by atoms with Crippen LogP contribution in [0.1, 0.15) is 44.4 Å². The minimum absolute atomic E-state index is 0.149. The van der Waals surface area contributed by atoms with E-state index in [0.717, 1.165) is 18.5 Å². The molecule has 0 radical (unpaired) electrons. The minimum atomic E-state index is -0.149. The highest BCUT2D eigenvalue weighted by molar-refractivity contribution is 5.24. The lowest BCUT2D eigenvalue weighted by molar-refractivity contribution is 0.339. The smallest absolute Gasteiger partial charge is 0.0430 e. The molecule has 1 saturated carbocycles. The van der Waals surface area contributed by atoms with Crippen molar-refractivity contribution in [1.82, 2.24) is 4.98 Å². The minimum Gasteiger partial charge on any atom is -0.321 e. The Morgan fingerprint density at radius 3 is 2.47 bits per heavy atom. The first-order chi connectivity index (χ1) is 6.91. The van der Waals surface area contributed by atoms with Gasteiger partial charge in [0, 0.05) is 17.4 Å². The van der Waals surface area contributed by atoms with E-state index in [2.05, 4.69) is 31.0 Å². The van der Waals surface area contributed by atoms with Crippen LogP contribution in [0.2, 0.25) is 0 Å². The molecule has 0 spiro atoms. The van der Waals surface area contributed by atoms with Gasteiger partial charge in [0.2, 0.25) is 0 Å². The molecule has 1 fully saturated rings. The normalized spacial score (nSPS) is 29.3. The summed E-state index contributed by atoms with van der Waals surface area (Å²) in [7, 11) is 0. The molecule has 1 aliphatic carbocycles. The van der Waals surface area contributed by atoms with Gasteiger partial charge in [-0.15, -0.1) is 0 Å². The number of aryl methyl sites for hydroxylation is 1. The van der Waals surface area contributed by atoms with Crippen molar-refractivity contribution >= 4 is 0 Å². The van der Waals surface area contributed by atoms with E-state index < -0.39 is 0 Å². The lowest BCUT2D eigenvalue weighted by Gasteiger charge is -2.26. The van der Waals surface area contributed by atoms with E-state index in [1.165, 1.54) is 12.0 Å². The van der Waals surface area contributed by atoms with Crippen LogP contribution in [0.15, 0.2) is 18.3 Å². The summed E-state index contributed by atoms with van der Waals surface area (Å²) in [5.74, 6) is 0. The third-order valence-electron chi connectivity index (χ3n) is 3.53. The fourth-order valence-electron chi connectivity index (χ4n) is 2.60. The first-order valence-corrected chi connectivity index (χ1v) is 5.63. The van der Waals surface area contributed by atoms with Crippen LogP contribution >= 0.6 is 0 Å². The molecule has 1 heterocycles. The number of nitrogens with zero attached hydrogens (tertiary/aromatic N) is 1. The van der Waals surface area contributed by atoms with Crippen molar-refractivity contribution < 1.29 is 0 Å². The van der Waals surface area contributed by atoms with Gasteiger partial charge in [0.15, 0.2) is 0 Å². The highest BCUT2D eigenvalue weighted by Crippen LogP contribution is 2.47. The van der Waals surface area contributed by atoms with Crippen LogP contribution in [0.5, 0.6) is 0 Å². The van der Waals surface area contributed by atoms with Crippen molar-refractivity contribution in [3.05, 3.63) is 29.6 Å². The first-order valence-electron chi connectivity index (χ1n) is 5.63. The average molecular weight is 204 g/mol. The van der Waals surface area contributed by atoms with Crippen molar-refractivity contribution in [2.75, 3.05) is 0 Å². The molecule has 1 atom stereocenters. The Hall–Kier alpha value is -0.890. The number of nitrogens with two attached hydrogens (primary N) is 1. The Morgan fingerprint density at radius 2 is 2.00 bits per heavy atom. The molecule has 2 N–H and O–H groups in total. The zero-order chi connectivity index (χ0) is 11.1. The predicted octanol–water partition coefficient (Wildman–Crippen LogP) is 2.75. The summed E-state index contributed by atoms with van der Waals surface area (Å²) in [6.07, 6.45) is 5.28. The summed E-state index contributed by atoms with van der Waals surface area (Å²) in [6, 6.07) is 4.18. The van der Waals surface area contributed by atoms with E-state index in [1.54, 1.807) is 0 Å². The monoisotopic (exact) mass is 204 g/mol. The molecule has 2 nitrogen and oxygen atoms in total. The molecule has 1 aromatic rings. The van der Waals surface area contributed by atoms with Crippen molar-refractivity contribution in [1.29, 1.82) is 0 Å². The van der Waals surface area contributed by atoms with Gasteiger partial charge in [-0.3, -0.25) is 4.98 Å². The maximum absolute atomic E-state index is 6.47. The van der Waals surface area contributed by atoms with Crippen LogP contribution in [0.3, 0.4) is 0 Å². The molecule has 0 amide bonds. The third kappa shape index (κ3) is 2.05. The first kappa shape index (κ1) is 10.6. The van der Waals surface area contributed by atoms with Gasteiger partial charge in [-0.05, 0) is 43.2 Å². The van der Waals surface area contributed by atoms with Gasteiger partial charge in [0.25, 0.3) is 0 Å². The van der Waals surface area contributed by atoms with E-state index in [0.29, 0.717) is 5.41 Å². The fraction of sp³-hybridized carbons (Fsp3) is 0.615. The van der Waals surface area contributed by atoms with Crippen molar-refractivity contribution in [2.45, 2.75) is 45.6 Å². The number of aromatic nitrogens is 1. The molecule has 0 aromatic carbocycles. The molecule has 1 aliphatic rings. The molecular weight excluding hydrogens is 184 g/mol. The molecule has 2 heteroatoms. The molecule has 15 heavy (non-hydrogen) atoms. The number of hydrogen-bond donors (Lipinski definition) is 1. The predicted molar refractivity (Wildman–Crippen MR) is 62.5 cm³/mol. The number of rotatable bonds is 1. The molecule has 1 aromatic heterocycles. The summed E-state index contributed by atoms with van der Waals surface area (Å²) in [6.45, 7) is 6.60. The van der Waals surface area contributed by atoms with Crippen LogP contribution in [-0.4, -0.2) is 4.98 Å². The molecule has 0 aliphatic heterocycles. The van der Waals surface area contributed by atoms with Crippen LogP contribution in [0.25, 0.3) is 0 Å². The van der Waals surface area contributed by atoms with Crippen molar-refractivity contribution in [2.24, 2.45) is 11.1 Å². The lowest BCUT2D eigenvalue weighted by Crippen LogP contribution is -2.34. The quantitative estimate of drug-likeness (QED) is 0.764. The van der Waals surface area contributed by atoms with E-state index in [-0.39, 0.29) is 5.54 Å². The Labute approximate surface area is 91.9 Å². The van der Waals surface area contributed by atoms with E-state index in [1.807, 2.05) is 13.1 Å². The Bertz CT molecular complexity index is 353. The van der Waals surface area contributed by atoms with Gasteiger partial charge in [-0.1, -0.05) is 19.9 Å². The summed E-state index contributed by atoms with van der Waals surface area (Å²) in [4.78, 5) is 4.34. The molecule has 0 saturated heterocycles. The Balaban J connectivity index is 2.27. The second-order valence-corrected chi connectivity index (χ2v) is 5.69. The topological polar surface area (TPSA) is 38.9 Å². The molecule has 82 valence electrons. The van der Waals surface area contributed by atoms with Crippen molar-refractivity contribution in [3.63, 3.8) is 0 Å². The Morgan fingerprint density at radius 1 is 1.27 bits per heavy atom. The van der Waals surface area contributed by atoms with Gasteiger partial charge in [0.1, 0.15) is 0 Å². The number of hydrogen-bond acceptors (Lipinski definition) is 2. The summed E-state index contributed by atoms with van der Waals surface area (Å²) < 4.78 is 0. The van der Waals surface area contributed by atoms with Crippen LogP contribution in [0.4, 0.5) is 0 Å². The van der Waals surface area contributed by atoms with Gasteiger partial charge < -0.3 is 5.73 Å². The summed E-state index contributed by atoms with van der Waals surface area (Å²) in [5, 5.41) is 0. The van der Waals surface area contributed by atoms with Gasteiger partial charge in [-0.2, -0.15) is 0 Å². The Kier molecular flexibility index (Phi) is 2.34. The van der Waals surface area contributed by atoms with E-state index >= 15 is 0 Å². The SMILES string of the molecule is Cc1ccc(C2(N)CCC(C)(C)C2)cn1. The summed E-state index contributed by atoms with van der Waals surface area (Å²) in [5.41, 5.74) is 8.94. The van der Waals surface area contributed by atoms with Gasteiger partial charge in [0.05, 0.1) is 0 Å². The summed E-state index contributed by atoms with van der Waals surface area (Å²) >= 11 is 0. The largest absolute Gasteiger partial charge is 0.321 e. The second-order valence-electron chi connectivity index (χ2n) is 5.69. The van der Waals surface area contributed by atoms with Crippen LogP contribution in [-0.2, 0) is 5.54 Å². The molecule has 0 bridgehead atoms. The van der Waals surface area contributed by atoms with Crippen LogP contribution < -0.4 is 5.73 Å². The van der Waals surface area contributed by atoms with E-state index in [4.69, 9.17) is 5.73 Å². The zero-order valence-corrected chi connectivity index (χ0v) is 9.88. The standard InChI is InChI=1S/C13H20N2/c1-10-4-5-11(8-15-10)13(14)7-6-12(2,3)9-13/h4-5,8H,6-7,9,14H2,1-3H3. The maximum Gasteiger partial charge on any atom is 0.0430 e. The fourth-order valence-corrected chi connectivity index (χ4v) is 2.60. The molecule has 2 rings (SSSR count). The molecule has 1 unspecified atom stereocenters. The third-order valence-corrected chi connectivity index (χ3v) is 3.53. The lowest BCUT2D eigenvalue weighted by atomic mass is 9.85. The maximum atomic E-state index is 6.47. The average Bonchev–Trinajstić information content (AvgIpc) is 2.43. The highest BCUT2D eigenvalue weighted by Gasteiger charge is 2.41. The zero-order valence-electron chi connectivity index (χ0n) is 9.88. The molecular formula is C13H20N2.